The van der Waals surface area contributed by atoms with Crippen LogP contribution < -0.4 is 10.3 Å². The van der Waals surface area contributed by atoms with E-state index in [1.165, 1.54) is 11.4 Å². The van der Waals surface area contributed by atoms with Gasteiger partial charge in [0, 0.05) is 6.54 Å². The number of methoxy groups -OCH3 is 1. The molecule has 2 aromatic rings. The number of esters is 1. The van der Waals surface area contributed by atoms with Crippen LogP contribution in [0.4, 0.5) is 0 Å². The molecule has 1 aromatic heterocycles. The Morgan fingerprint density at radius 1 is 1.31 bits per heavy atom. The van der Waals surface area contributed by atoms with Gasteiger partial charge in [0.25, 0.3) is 0 Å². The van der Waals surface area contributed by atoms with E-state index in [2.05, 4.69) is 6.58 Å². The summed E-state index contributed by atoms with van der Waals surface area (Å²) in [6, 6.07) is 6.83. The predicted octanol–water partition coefficient (Wildman–Crippen LogP) is -0.209. The Kier molecular flexibility index (Phi) is 6.00. The predicted molar refractivity (Wildman–Crippen MR) is 113 cm³/mol. The van der Waals surface area contributed by atoms with Crippen molar-refractivity contribution in [1.82, 2.24) is 8.87 Å². The van der Waals surface area contributed by atoms with E-state index in [-0.39, 0.29) is 29.8 Å². The maximum Gasteiger partial charge on any atom is 0.309 e. The highest BCUT2D eigenvalue weighted by molar-refractivity contribution is 7.89. The average Bonchev–Trinajstić information content (AvgIpc) is 2.99. The second-order valence-corrected chi connectivity index (χ2v) is 10.0. The molecule has 0 amide bonds. The number of carbonyl (C=O) groups is 1. The molecule has 0 unspecified atom stereocenters. The van der Waals surface area contributed by atoms with Crippen LogP contribution in [-0.2, 0) is 33.7 Å². The molecule has 3 rings (SSSR count). The van der Waals surface area contributed by atoms with Crippen LogP contribution in [-0.4, -0.2) is 50.7 Å². The van der Waals surface area contributed by atoms with Crippen LogP contribution in [0.25, 0.3) is 0 Å². The van der Waals surface area contributed by atoms with Crippen LogP contribution in [0, 0.1) is 12.8 Å². The van der Waals surface area contributed by atoms with E-state index in [1.807, 2.05) is 42.5 Å². The second kappa shape index (κ2) is 8.16. The van der Waals surface area contributed by atoms with Crippen molar-refractivity contribution in [3.63, 3.8) is 0 Å². The first-order valence-electron chi connectivity index (χ1n) is 9.79. The van der Waals surface area contributed by atoms with Gasteiger partial charge in [0.1, 0.15) is 12.4 Å². The maximum absolute atomic E-state index is 13.2. The number of sulfonamides is 1. The third-order valence-corrected chi connectivity index (χ3v) is 7.98. The fraction of sp³-hybridized carbons (Fsp3) is 0.400. The van der Waals surface area contributed by atoms with Crippen LogP contribution in [0.1, 0.15) is 5.56 Å². The van der Waals surface area contributed by atoms with Gasteiger partial charge in [-0.2, -0.15) is 4.31 Å². The number of rotatable bonds is 5. The molecular weight excluding hydrogens is 389 g/mol. The minimum absolute atomic E-state index is 0.123. The lowest BCUT2D eigenvalue weighted by atomic mass is 9.56. The van der Waals surface area contributed by atoms with Crippen LogP contribution in [0.15, 0.2) is 53.7 Å². The number of piperidine rings is 1. The lowest BCUT2D eigenvalue weighted by Crippen LogP contribution is -2.55. The number of ether oxygens (including phenoxy) is 1. The molecule has 2 heterocycles. The molecule has 0 radical (unpaired) electrons. The van der Waals surface area contributed by atoms with E-state index < -0.39 is 23.2 Å². The van der Waals surface area contributed by atoms with Gasteiger partial charge in [0.05, 0.1) is 45.0 Å². The molecule has 0 spiro atoms. The van der Waals surface area contributed by atoms with Crippen molar-refractivity contribution in [1.29, 1.82) is 0 Å². The SMILES string of the molecule is C=C1CN(S(=O)(=O)c2ccc(C)cc2)C[C@H]([BH2-]c2n(C)cc[n+]2C)[C@H]1C(=O)OC. The molecule has 0 saturated carbocycles. The Labute approximate surface area is 172 Å². The largest absolute Gasteiger partial charge is 0.469 e. The van der Waals surface area contributed by atoms with E-state index in [0.717, 1.165) is 11.3 Å². The smallest absolute Gasteiger partial charge is 0.309 e. The molecule has 0 bridgehead atoms. The minimum atomic E-state index is -3.67. The monoisotopic (exact) mass is 417 g/mol. The molecule has 1 aliphatic heterocycles. The summed E-state index contributed by atoms with van der Waals surface area (Å²) in [7, 11) is 0.751. The van der Waals surface area contributed by atoms with Crippen LogP contribution in [0.5, 0.6) is 0 Å². The summed E-state index contributed by atoms with van der Waals surface area (Å²) in [5, 5.41) is 0. The van der Waals surface area contributed by atoms with Gasteiger partial charge in [-0.3, -0.25) is 13.9 Å². The number of carbonyl (C=O) groups excluding carboxylic acids is 1. The Hall–Kier alpha value is -2.39. The molecule has 1 fully saturated rings. The molecule has 2 atom stereocenters. The summed E-state index contributed by atoms with van der Waals surface area (Å²) in [5.74, 6) is -0.976. The summed E-state index contributed by atoms with van der Waals surface area (Å²) < 4.78 is 37.0. The summed E-state index contributed by atoms with van der Waals surface area (Å²) >= 11 is 0. The molecule has 7 nitrogen and oxygen atoms in total. The van der Waals surface area contributed by atoms with Crippen molar-refractivity contribution in [3.8, 4) is 0 Å². The number of hydrogen-bond acceptors (Lipinski definition) is 4. The summed E-state index contributed by atoms with van der Waals surface area (Å²) in [4.78, 5) is 12.8. The summed E-state index contributed by atoms with van der Waals surface area (Å²) in [5.41, 5.74) is 2.70. The van der Waals surface area contributed by atoms with Crippen molar-refractivity contribution >= 4 is 29.0 Å². The highest BCUT2D eigenvalue weighted by atomic mass is 32.2. The first kappa shape index (κ1) is 21.3. The normalized spacial score (nSPS) is 20.6. The van der Waals surface area contributed by atoms with Crippen LogP contribution >= 0.6 is 0 Å². The van der Waals surface area contributed by atoms with Gasteiger partial charge in [-0.25, -0.2) is 8.42 Å². The Bertz CT molecular complexity index is 1010. The Morgan fingerprint density at radius 2 is 1.97 bits per heavy atom. The van der Waals surface area contributed by atoms with E-state index in [1.54, 1.807) is 24.3 Å². The minimum Gasteiger partial charge on any atom is -0.469 e. The van der Waals surface area contributed by atoms with Crippen molar-refractivity contribution in [3.05, 3.63) is 54.4 Å². The first-order chi connectivity index (χ1) is 13.6. The van der Waals surface area contributed by atoms with E-state index >= 15 is 0 Å². The van der Waals surface area contributed by atoms with Gasteiger partial charge in [-0.05, 0) is 25.6 Å². The zero-order chi connectivity index (χ0) is 21.3. The fourth-order valence-electron chi connectivity index (χ4n) is 4.45. The Balaban J connectivity index is 1.95. The van der Waals surface area contributed by atoms with Crippen molar-refractivity contribution in [2.75, 3.05) is 20.2 Å². The van der Waals surface area contributed by atoms with Crippen LogP contribution in [0.3, 0.4) is 0 Å². The number of imidazole rings is 1. The fourth-order valence-corrected chi connectivity index (χ4v) is 5.99. The van der Waals surface area contributed by atoms with E-state index in [4.69, 9.17) is 4.74 Å². The third-order valence-electron chi connectivity index (χ3n) is 6.16. The van der Waals surface area contributed by atoms with Gasteiger partial charge in [-0.1, -0.05) is 29.8 Å². The van der Waals surface area contributed by atoms with Gasteiger partial charge < -0.3 is 4.74 Å². The standard InChI is InChI=1S/C20H28BN3O4S/c1-14-6-8-16(9-7-14)29(26,27)24-12-15(2)18(19(25)28-5)17(13-24)21-20-22(3)10-11-23(20)4/h6-11,17-18H,2,12-13,21H2,1,3-5H3/t17-,18-/m0/s1. The molecule has 9 heteroatoms. The lowest BCUT2D eigenvalue weighted by Gasteiger charge is -2.40. The van der Waals surface area contributed by atoms with Crippen LogP contribution in [0.2, 0.25) is 5.82 Å². The molecule has 0 aliphatic carbocycles. The molecule has 0 N–H and O–H groups in total. The zero-order valence-corrected chi connectivity index (χ0v) is 18.4. The number of aromatic nitrogens is 2. The molecule has 156 valence electrons. The quantitative estimate of drug-likeness (QED) is 0.292. The number of aryl methyl sites for hydroxylation is 3. The second-order valence-electron chi connectivity index (χ2n) is 8.10. The number of hydrogen-bond donors (Lipinski definition) is 0. The lowest BCUT2D eigenvalue weighted by molar-refractivity contribution is -0.653. The molecule has 1 aliphatic rings. The average molecular weight is 417 g/mol. The maximum atomic E-state index is 13.2. The summed E-state index contributed by atoms with van der Waals surface area (Å²) in [6.45, 7) is 6.38. The third kappa shape index (κ3) is 4.16. The first-order valence-corrected chi connectivity index (χ1v) is 11.2. The summed E-state index contributed by atoms with van der Waals surface area (Å²) in [6.07, 6.45) is 3.93. The van der Waals surface area contributed by atoms with E-state index in [9.17, 15) is 13.2 Å². The number of nitrogens with zero attached hydrogens (tertiary/aromatic N) is 3. The van der Waals surface area contributed by atoms with Gasteiger partial charge in [0.15, 0.2) is 0 Å². The molecular formula is C20H28BN3O4S. The van der Waals surface area contributed by atoms with Gasteiger partial charge >= 0.3 is 5.97 Å². The zero-order valence-electron chi connectivity index (χ0n) is 17.6. The van der Waals surface area contributed by atoms with Crippen molar-refractivity contribution in [2.45, 2.75) is 17.6 Å². The van der Waals surface area contributed by atoms with Crippen molar-refractivity contribution in [2.24, 2.45) is 20.0 Å². The molecule has 1 saturated heterocycles. The van der Waals surface area contributed by atoms with Gasteiger partial charge in [-0.15, -0.1) is 5.82 Å². The number of benzene rings is 1. The van der Waals surface area contributed by atoms with Gasteiger partial charge in [0.2, 0.25) is 10.0 Å². The van der Waals surface area contributed by atoms with Crippen molar-refractivity contribution < 1.29 is 22.5 Å². The molecule has 29 heavy (non-hydrogen) atoms. The highest BCUT2D eigenvalue weighted by Gasteiger charge is 2.39. The topological polar surface area (TPSA) is 72.5 Å². The molecule has 1 aromatic carbocycles. The highest BCUT2D eigenvalue weighted by Crippen LogP contribution is 2.34. The Morgan fingerprint density at radius 3 is 2.52 bits per heavy atom. The van der Waals surface area contributed by atoms with E-state index in [0.29, 0.717) is 5.57 Å².